The van der Waals surface area contributed by atoms with Crippen molar-refractivity contribution >= 4 is 11.9 Å². The third-order valence-electron chi connectivity index (χ3n) is 4.03. The molecule has 2 rings (SSSR count). The lowest BCUT2D eigenvalue weighted by Gasteiger charge is -2.32. The molecule has 0 bridgehead atoms. The molecule has 1 aliphatic carbocycles. The number of rotatable bonds is 6. The van der Waals surface area contributed by atoms with Gasteiger partial charge in [0.25, 0.3) is 0 Å². The molecule has 2 fully saturated rings. The largest absolute Gasteiger partial charge is 0.481 e. The summed E-state index contributed by atoms with van der Waals surface area (Å²) in [5.74, 6) is -0.142. The fourth-order valence-electron chi connectivity index (χ4n) is 2.89. The highest BCUT2D eigenvalue weighted by Gasteiger charge is 2.46. The molecule has 1 saturated carbocycles. The van der Waals surface area contributed by atoms with Crippen molar-refractivity contribution in [3.05, 3.63) is 0 Å². The molecule has 1 aliphatic heterocycles. The maximum atomic E-state index is 12.3. The second-order valence-electron chi connectivity index (χ2n) is 5.56. The van der Waals surface area contributed by atoms with E-state index in [1.165, 1.54) is 0 Å². The van der Waals surface area contributed by atoms with Crippen LogP contribution >= 0.6 is 0 Å². The minimum absolute atomic E-state index is 0.0539. The van der Waals surface area contributed by atoms with Gasteiger partial charge < -0.3 is 14.7 Å². The minimum Gasteiger partial charge on any atom is -0.481 e. The van der Waals surface area contributed by atoms with E-state index in [4.69, 9.17) is 9.84 Å². The summed E-state index contributed by atoms with van der Waals surface area (Å²) in [7, 11) is 0. The van der Waals surface area contributed by atoms with Crippen LogP contribution in [0.5, 0.6) is 0 Å². The summed E-state index contributed by atoms with van der Waals surface area (Å²) in [6.45, 7) is 4.15. The molecule has 5 nitrogen and oxygen atoms in total. The average molecular weight is 269 g/mol. The van der Waals surface area contributed by atoms with E-state index >= 15 is 0 Å². The van der Waals surface area contributed by atoms with Crippen LogP contribution in [0.4, 0.5) is 0 Å². The average Bonchev–Trinajstić information content (AvgIpc) is 3.16. The third kappa shape index (κ3) is 3.93. The molecular formula is C14H23NO4. The SMILES string of the molecule is CCO[C@@H]1C[C@@H]1C(=O)N1CCC[C@H](CCC(=O)O)C1. The fourth-order valence-corrected chi connectivity index (χ4v) is 2.89. The van der Waals surface area contributed by atoms with Crippen LogP contribution in [0.2, 0.25) is 0 Å². The first-order valence-corrected chi connectivity index (χ1v) is 7.24. The molecule has 0 unspecified atom stereocenters. The Kier molecular flexibility index (Phi) is 4.80. The molecule has 1 N–H and O–H groups in total. The van der Waals surface area contributed by atoms with Gasteiger partial charge >= 0.3 is 5.97 Å². The van der Waals surface area contributed by atoms with E-state index in [0.29, 0.717) is 18.9 Å². The molecule has 0 aromatic carbocycles. The van der Waals surface area contributed by atoms with Crippen LogP contribution in [0.25, 0.3) is 0 Å². The second kappa shape index (κ2) is 6.37. The van der Waals surface area contributed by atoms with Gasteiger partial charge in [-0.05, 0) is 38.5 Å². The Labute approximate surface area is 113 Å². The Balaban J connectivity index is 1.77. The first-order chi connectivity index (χ1) is 9.11. The highest BCUT2D eigenvalue weighted by Crippen LogP contribution is 2.36. The summed E-state index contributed by atoms with van der Waals surface area (Å²) in [5, 5.41) is 8.71. The second-order valence-corrected chi connectivity index (χ2v) is 5.56. The van der Waals surface area contributed by atoms with Crippen molar-refractivity contribution in [3.63, 3.8) is 0 Å². The number of piperidine rings is 1. The van der Waals surface area contributed by atoms with Gasteiger partial charge in [0, 0.05) is 26.1 Å². The van der Waals surface area contributed by atoms with Crippen molar-refractivity contribution in [1.29, 1.82) is 0 Å². The number of hydrogen-bond acceptors (Lipinski definition) is 3. The van der Waals surface area contributed by atoms with Crippen LogP contribution < -0.4 is 0 Å². The van der Waals surface area contributed by atoms with Crippen LogP contribution in [-0.4, -0.2) is 47.7 Å². The summed E-state index contributed by atoms with van der Waals surface area (Å²) in [6, 6.07) is 0. The van der Waals surface area contributed by atoms with Crippen LogP contribution in [0, 0.1) is 11.8 Å². The molecule has 2 aliphatic rings. The Morgan fingerprint density at radius 1 is 1.42 bits per heavy atom. The lowest BCUT2D eigenvalue weighted by molar-refractivity contribution is -0.137. The van der Waals surface area contributed by atoms with E-state index in [-0.39, 0.29) is 24.3 Å². The van der Waals surface area contributed by atoms with Gasteiger partial charge in [0.15, 0.2) is 0 Å². The molecule has 1 saturated heterocycles. The molecule has 1 amide bonds. The lowest BCUT2D eigenvalue weighted by atomic mass is 9.93. The van der Waals surface area contributed by atoms with E-state index in [1.54, 1.807) is 0 Å². The number of carboxylic acids is 1. The van der Waals surface area contributed by atoms with Crippen molar-refractivity contribution in [3.8, 4) is 0 Å². The van der Waals surface area contributed by atoms with E-state index in [9.17, 15) is 9.59 Å². The number of carbonyl (C=O) groups is 2. The van der Waals surface area contributed by atoms with Crippen molar-refractivity contribution in [1.82, 2.24) is 4.90 Å². The number of hydrogen-bond donors (Lipinski definition) is 1. The molecule has 0 aromatic heterocycles. The number of amides is 1. The zero-order chi connectivity index (χ0) is 13.8. The molecule has 3 atom stereocenters. The van der Waals surface area contributed by atoms with Gasteiger partial charge in [-0.1, -0.05) is 0 Å². The first kappa shape index (κ1) is 14.3. The monoisotopic (exact) mass is 269 g/mol. The number of ether oxygens (including phenoxy) is 1. The molecule has 108 valence electrons. The Morgan fingerprint density at radius 2 is 2.21 bits per heavy atom. The van der Waals surface area contributed by atoms with E-state index in [2.05, 4.69) is 0 Å². The summed E-state index contributed by atoms with van der Waals surface area (Å²) in [5.41, 5.74) is 0. The molecule has 0 radical (unpaired) electrons. The number of nitrogens with zero attached hydrogens (tertiary/aromatic N) is 1. The maximum absolute atomic E-state index is 12.3. The number of likely N-dealkylation sites (tertiary alicyclic amines) is 1. The summed E-state index contributed by atoms with van der Waals surface area (Å²) < 4.78 is 5.46. The third-order valence-corrected chi connectivity index (χ3v) is 4.03. The van der Waals surface area contributed by atoms with Crippen molar-refractivity contribution in [2.45, 2.75) is 45.1 Å². The molecule has 19 heavy (non-hydrogen) atoms. The quantitative estimate of drug-likeness (QED) is 0.794. The minimum atomic E-state index is -0.748. The molecule has 0 aromatic rings. The van der Waals surface area contributed by atoms with E-state index < -0.39 is 5.97 Å². The topological polar surface area (TPSA) is 66.8 Å². The van der Waals surface area contributed by atoms with Gasteiger partial charge in [-0.2, -0.15) is 0 Å². The van der Waals surface area contributed by atoms with Crippen LogP contribution in [0.15, 0.2) is 0 Å². The molecule has 0 spiro atoms. The van der Waals surface area contributed by atoms with Gasteiger partial charge in [-0.15, -0.1) is 0 Å². The normalized spacial score (nSPS) is 30.2. The Bertz CT molecular complexity index is 344. The fraction of sp³-hybridized carbons (Fsp3) is 0.857. The highest BCUT2D eigenvalue weighted by molar-refractivity contribution is 5.82. The van der Waals surface area contributed by atoms with Crippen molar-refractivity contribution < 1.29 is 19.4 Å². The first-order valence-electron chi connectivity index (χ1n) is 7.24. The molecule has 1 heterocycles. The van der Waals surface area contributed by atoms with Crippen LogP contribution in [0.1, 0.15) is 39.0 Å². The smallest absolute Gasteiger partial charge is 0.303 e. The van der Waals surface area contributed by atoms with Crippen LogP contribution in [-0.2, 0) is 14.3 Å². The zero-order valence-corrected chi connectivity index (χ0v) is 11.5. The Hall–Kier alpha value is -1.10. The van der Waals surface area contributed by atoms with Crippen molar-refractivity contribution in [2.75, 3.05) is 19.7 Å². The van der Waals surface area contributed by atoms with Gasteiger partial charge in [0.2, 0.25) is 5.91 Å². The zero-order valence-electron chi connectivity index (χ0n) is 11.5. The summed E-state index contributed by atoms with van der Waals surface area (Å²) in [6.07, 6.45) is 3.88. The predicted molar refractivity (Wildman–Crippen MR) is 69.7 cm³/mol. The highest BCUT2D eigenvalue weighted by atomic mass is 16.5. The van der Waals surface area contributed by atoms with Crippen molar-refractivity contribution in [2.24, 2.45) is 11.8 Å². The molecule has 5 heteroatoms. The summed E-state index contributed by atoms with van der Waals surface area (Å²) >= 11 is 0. The standard InChI is InChI=1S/C14H23NO4/c1-2-19-12-8-11(12)14(18)15-7-3-4-10(9-15)5-6-13(16)17/h10-12H,2-9H2,1H3,(H,16,17)/t10-,11+,12-/m1/s1. The van der Waals surface area contributed by atoms with Crippen LogP contribution in [0.3, 0.4) is 0 Å². The van der Waals surface area contributed by atoms with Gasteiger partial charge in [-0.3, -0.25) is 9.59 Å². The van der Waals surface area contributed by atoms with E-state index in [0.717, 1.165) is 32.4 Å². The predicted octanol–water partition coefficient (Wildman–Crippen LogP) is 1.51. The van der Waals surface area contributed by atoms with Gasteiger partial charge in [-0.25, -0.2) is 0 Å². The summed E-state index contributed by atoms with van der Waals surface area (Å²) in [4.78, 5) is 24.8. The van der Waals surface area contributed by atoms with Gasteiger partial charge in [0.1, 0.15) is 0 Å². The van der Waals surface area contributed by atoms with E-state index in [1.807, 2.05) is 11.8 Å². The number of carbonyl (C=O) groups excluding carboxylic acids is 1. The molecular weight excluding hydrogens is 246 g/mol. The maximum Gasteiger partial charge on any atom is 0.303 e. The van der Waals surface area contributed by atoms with Gasteiger partial charge in [0.05, 0.1) is 12.0 Å². The Morgan fingerprint density at radius 3 is 2.89 bits per heavy atom. The number of carboxylic acid groups (broad SMARTS) is 1. The number of aliphatic carboxylic acids is 1. The lowest BCUT2D eigenvalue weighted by Crippen LogP contribution is -2.41.